The first-order valence-corrected chi connectivity index (χ1v) is 14.4. The second kappa shape index (κ2) is 12.8. The number of benzene rings is 2. The summed E-state index contributed by atoms with van der Waals surface area (Å²) in [5, 5.41) is -0.419. The summed E-state index contributed by atoms with van der Waals surface area (Å²) in [6, 6.07) is 11.9. The van der Waals surface area contributed by atoms with Crippen molar-refractivity contribution in [2.24, 2.45) is 0 Å². The second-order valence-corrected chi connectivity index (χ2v) is 11.3. The van der Waals surface area contributed by atoms with E-state index in [9.17, 15) is 14.4 Å². The summed E-state index contributed by atoms with van der Waals surface area (Å²) in [4.78, 5) is 41.5. The molecule has 0 saturated carbocycles. The zero-order valence-electron chi connectivity index (χ0n) is 21.1. The van der Waals surface area contributed by atoms with Crippen molar-refractivity contribution >= 4 is 57.5 Å². The summed E-state index contributed by atoms with van der Waals surface area (Å²) in [6.07, 6.45) is 5.80. The highest BCUT2D eigenvalue weighted by atomic mass is 127. The van der Waals surface area contributed by atoms with E-state index < -0.39 is 11.1 Å². The summed E-state index contributed by atoms with van der Waals surface area (Å²) in [6.45, 7) is 5.95. The number of likely N-dealkylation sites (tertiary alicyclic amines) is 1. The fraction of sp³-hybridized carbons (Fsp3) is 0.393. The Labute approximate surface area is 235 Å². The lowest BCUT2D eigenvalue weighted by Gasteiger charge is -2.22. The van der Waals surface area contributed by atoms with Gasteiger partial charge < -0.3 is 14.4 Å². The largest absolute Gasteiger partial charge is 0.490 e. The van der Waals surface area contributed by atoms with Crippen molar-refractivity contribution in [2.45, 2.75) is 46.1 Å². The van der Waals surface area contributed by atoms with Crippen molar-refractivity contribution in [3.8, 4) is 11.5 Å². The fourth-order valence-electron chi connectivity index (χ4n) is 4.26. The summed E-state index contributed by atoms with van der Waals surface area (Å²) < 4.78 is 12.8. The molecule has 0 spiro atoms. The third-order valence-electron chi connectivity index (χ3n) is 6.26. The standard InChI is InChI=1S/C28H31IN2O5S/c1-3-35-23-15-21(14-22(29)26(23)36-18-20-10-8-19(2)9-11-20)16-24-27(33)31(28(34)37-24)17-25(32)30-12-6-4-5-7-13-30/h8-11,14-16H,3-7,12-13,17-18H2,1-2H3. The van der Waals surface area contributed by atoms with E-state index in [0.717, 1.165) is 57.0 Å². The number of carbonyl (C=O) groups excluding carboxylic acids is 3. The Balaban J connectivity index is 1.49. The minimum absolute atomic E-state index is 0.172. The molecule has 196 valence electrons. The smallest absolute Gasteiger partial charge is 0.294 e. The van der Waals surface area contributed by atoms with Gasteiger partial charge in [0, 0.05) is 13.1 Å². The third-order valence-corrected chi connectivity index (χ3v) is 7.97. The highest BCUT2D eigenvalue weighted by molar-refractivity contribution is 14.1. The Morgan fingerprint density at radius 1 is 1.05 bits per heavy atom. The van der Waals surface area contributed by atoms with Crippen LogP contribution >= 0.6 is 34.4 Å². The molecule has 2 saturated heterocycles. The van der Waals surface area contributed by atoms with Crippen LogP contribution in [0.5, 0.6) is 11.5 Å². The predicted octanol–water partition coefficient (Wildman–Crippen LogP) is 6.02. The van der Waals surface area contributed by atoms with Crippen molar-refractivity contribution in [3.05, 3.63) is 61.6 Å². The SMILES string of the molecule is CCOc1cc(C=C2SC(=O)N(CC(=O)N3CCCCCC3)C2=O)cc(I)c1OCc1ccc(C)cc1. The second-order valence-electron chi connectivity index (χ2n) is 9.10. The molecule has 0 atom stereocenters. The number of halogens is 1. The lowest BCUT2D eigenvalue weighted by atomic mass is 10.1. The van der Waals surface area contributed by atoms with Gasteiger partial charge in [0.05, 0.1) is 15.1 Å². The lowest BCUT2D eigenvalue weighted by molar-refractivity contribution is -0.135. The number of ether oxygens (including phenoxy) is 2. The maximum atomic E-state index is 13.0. The van der Waals surface area contributed by atoms with Crippen LogP contribution < -0.4 is 9.47 Å². The van der Waals surface area contributed by atoms with Crippen LogP contribution in [0.4, 0.5) is 4.79 Å². The molecule has 37 heavy (non-hydrogen) atoms. The van der Waals surface area contributed by atoms with E-state index in [1.54, 1.807) is 11.0 Å². The van der Waals surface area contributed by atoms with E-state index in [4.69, 9.17) is 9.47 Å². The molecule has 0 aliphatic carbocycles. The maximum Gasteiger partial charge on any atom is 0.294 e. The van der Waals surface area contributed by atoms with E-state index in [-0.39, 0.29) is 12.5 Å². The van der Waals surface area contributed by atoms with Gasteiger partial charge in [-0.15, -0.1) is 0 Å². The van der Waals surface area contributed by atoms with Crippen LogP contribution in [-0.2, 0) is 16.2 Å². The van der Waals surface area contributed by atoms with Crippen LogP contribution in [0.2, 0.25) is 0 Å². The van der Waals surface area contributed by atoms with Crippen molar-refractivity contribution in [1.29, 1.82) is 0 Å². The number of hydrogen-bond acceptors (Lipinski definition) is 6. The Morgan fingerprint density at radius 3 is 2.43 bits per heavy atom. The number of rotatable bonds is 8. The first-order chi connectivity index (χ1) is 17.9. The Morgan fingerprint density at radius 2 is 1.76 bits per heavy atom. The van der Waals surface area contributed by atoms with Crippen molar-refractivity contribution in [3.63, 3.8) is 0 Å². The molecule has 2 fully saturated rings. The molecule has 2 heterocycles. The van der Waals surface area contributed by atoms with Gasteiger partial charge in [-0.1, -0.05) is 42.7 Å². The number of hydrogen-bond donors (Lipinski definition) is 0. The monoisotopic (exact) mass is 634 g/mol. The van der Waals surface area contributed by atoms with Crippen molar-refractivity contribution in [1.82, 2.24) is 9.80 Å². The normalized spacial score (nSPS) is 17.3. The van der Waals surface area contributed by atoms with Gasteiger partial charge in [0.2, 0.25) is 5.91 Å². The number of amides is 3. The van der Waals surface area contributed by atoms with Crippen molar-refractivity contribution < 1.29 is 23.9 Å². The fourth-order valence-corrected chi connectivity index (χ4v) is 5.88. The predicted molar refractivity (Wildman–Crippen MR) is 154 cm³/mol. The molecular weight excluding hydrogens is 603 g/mol. The molecule has 2 aromatic carbocycles. The van der Waals surface area contributed by atoms with Crippen LogP contribution in [0, 0.1) is 10.5 Å². The summed E-state index contributed by atoms with van der Waals surface area (Å²) in [5.74, 6) is 0.596. The molecule has 0 bridgehead atoms. The Bertz CT molecular complexity index is 1190. The van der Waals surface area contributed by atoms with Gasteiger partial charge in [-0.3, -0.25) is 19.3 Å². The number of imide groups is 1. The van der Waals surface area contributed by atoms with Gasteiger partial charge >= 0.3 is 0 Å². The minimum Gasteiger partial charge on any atom is -0.490 e. The summed E-state index contributed by atoms with van der Waals surface area (Å²) >= 11 is 3.05. The summed E-state index contributed by atoms with van der Waals surface area (Å²) in [7, 11) is 0. The topological polar surface area (TPSA) is 76.2 Å². The van der Waals surface area contributed by atoms with Gasteiger partial charge in [-0.2, -0.15) is 0 Å². The van der Waals surface area contributed by atoms with Gasteiger partial charge in [0.1, 0.15) is 13.2 Å². The molecule has 0 N–H and O–H groups in total. The molecule has 2 aliphatic heterocycles. The highest BCUT2D eigenvalue weighted by Crippen LogP contribution is 2.38. The van der Waals surface area contributed by atoms with E-state index in [0.29, 0.717) is 42.7 Å². The quantitative estimate of drug-likeness (QED) is 0.262. The van der Waals surface area contributed by atoms with Crippen LogP contribution in [-0.4, -0.2) is 53.1 Å². The minimum atomic E-state index is -0.439. The van der Waals surface area contributed by atoms with Crippen LogP contribution in [0.1, 0.15) is 49.3 Å². The number of thioether (sulfide) groups is 1. The van der Waals surface area contributed by atoms with Gasteiger partial charge in [-0.05, 0) is 90.4 Å². The van der Waals surface area contributed by atoms with Crippen molar-refractivity contribution in [2.75, 3.05) is 26.2 Å². The summed E-state index contributed by atoms with van der Waals surface area (Å²) in [5.41, 5.74) is 2.96. The molecule has 2 aromatic rings. The van der Waals surface area contributed by atoms with Gasteiger partial charge in [0.25, 0.3) is 11.1 Å². The van der Waals surface area contributed by atoms with Gasteiger partial charge in [0.15, 0.2) is 11.5 Å². The Kier molecular flexibility index (Phi) is 9.53. The maximum absolute atomic E-state index is 13.0. The average Bonchev–Trinajstić information content (AvgIpc) is 3.05. The lowest BCUT2D eigenvalue weighted by Crippen LogP contribution is -2.42. The van der Waals surface area contributed by atoms with Crippen LogP contribution in [0.3, 0.4) is 0 Å². The molecule has 3 amide bonds. The molecule has 0 radical (unpaired) electrons. The third kappa shape index (κ3) is 7.07. The van der Waals surface area contributed by atoms with Crippen LogP contribution in [0.15, 0.2) is 41.3 Å². The van der Waals surface area contributed by atoms with E-state index in [1.807, 2.05) is 50.2 Å². The first kappa shape index (κ1) is 27.5. The molecule has 9 heteroatoms. The zero-order chi connectivity index (χ0) is 26.4. The number of nitrogens with zero attached hydrogens (tertiary/aromatic N) is 2. The van der Waals surface area contributed by atoms with E-state index >= 15 is 0 Å². The number of aryl methyl sites for hydroxylation is 1. The number of carbonyl (C=O) groups is 3. The van der Waals surface area contributed by atoms with E-state index in [1.165, 1.54) is 5.56 Å². The zero-order valence-corrected chi connectivity index (χ0v) is 24.1. The highest BCUT2D eigenvalue weighted by Gasteiger charge is 2.37. The van der Waals surface area contributed by atoms with E-state index in [2.05, 4.69) is 22.6 Å². The molecular formula is C28H31IN2O5S. The molecule has 7 nitrogen and oxygen atoms in total. The molecule has 4 rings (SSSR count). The molecule has 0 unspecified atom stereocenters. The molecule has 0 aromatic heterocycles. The van der Waals surface area contributed by atoms with Crippen LogP contribution in [0.25, 0.3) is 6.08 Å². The Hall–Kier alpha value is -2.53. The first-order valence-electron chi connectivity index (χ1n) is 12.5. The molecule has 2 aliphatic rings. The van der Waals surface area contributed by atoms with Gasteiger partial charge in [-0.25, -0.2) is 0 Å². The average molecular weight is 635 g/mol.